The molecule has 0 atom stereocenters. The minimum atomic E-state index is 0. The van der Waals surface area contributed by atoms with Gasteiger partial charge in [0.15, 0.2) is 0 Å². The second-order valence-electron chi connectivity index (χ2n) is 14.5. The fraction of sp³-hybridized carbons (Fsp3) is 0.854. The van der Waals surface area contributed by atoms with Gasteiger partial charge in [-0.15, -0.1) is 11.8 Å². The fourth-order valence-electron chi connectivity index (χ4n) is 1.17. The molecule has 0 spiro atoms. The molecule has 0 heterocycles. The van der Waals surface area contributed by atoms with Gasteiger partial charge in [-0.25, -0.2) is 0 Å². The van der Waals surface area contributed by atoms with Gasteiger partial charge < -0.3 is 38.5 Å². The van der Waals surface area contributed by atoms with Crippen molar-refractivity contribution in [3.63, 3.8) is 0 Å². The Morgan fingerprint density at radius 1 is 0.367 bits per heavy atom. The first-order valence-corrected chi connectivity index (χ1v) is 30.9. The van der Waals surface area contributed by atoms with Crippen molar-refractivity contribution in [3.05, 3.63) is 61.3 Å². The minimum absolute atomic E-state index is 0. The first kappa shape index (κ1) is 277. The summed E-state index contributed by atoms with van der Waals surface area (Å²) in [6, 6.07) is 0. The van der Waals surface area contributed by atoms with Crippen molar-refractivity contribution in [1.29, 1.82) is 0 Å². The van der Waals surface area contributed by atoms with Crippen molar-refractivity contribution in [3.8, 4) is 11.8 Å². The lowest BCUT2D eigenvalue weighted by molar-refractivity contribution is 0.199. The Morgan fingerprint density at radius 3 is 0.622 bits per heavy atom. The third-order valence-corrected chi connectivity index (χ3v) is 5.72. The summed E-state index contributed by atoms with van der Waals surface area (Å²) in [5, 5.41) is 0. The molecular weight excluding hydrogens is 1220 g/mol. The molecule has 0 aliphatic rings. The number of hydrogen-bond acceptors (Lipinski definition) is 9. The summed E-state index contributed by atoms with van der Waals surface area (Å²) in [6.45, 7) is 63.6. The highest BCUT2D eigenvalue weighted by Gasteiger charge is 1.81. The molecule has 98 heavy (non-hydrogen) atoms. The SMILES string of the molecule is C.C.C.C.C.C.C.C.C.C.C.C.C.C.C.C.C.C.C.C.C.C.CC#CC.CC=CC.CC=CC.CC=CN(C)CC.CC=COCC.CC=NC.CCC.CCC.CCC.CCC.CCC=COC.CCCC.CCCC.CCCOC.CCN(C)CC.CCOC.COC.CSC. The Kier molecular flexibility index (Phi) is 1500. The van der Waals surface area contributed by atoms with Crippen molar-refractivity contribution < 1.29 is 23.7 Å². The first-order chi connectivity index (χ1) is 36.2. The maximum absolute atomic E-state index is 4.80. The van der Waals surface area contributed by atoms with Crippen LogP contribution in [0.2, 0.25) is 0 Å². The van der Waals surface area contributed by atoms with Crippen molar-refractivity contribution in [2.24, 2.45) is 4.99 Å². The van der Waals surface area contributed by atoms with E-state index in [1.165, 1.54) is 51.4 Å². The quantitative estimate of drug-likeness (QED) is 0.0782. The van der Waals surface area contributed by atoms with Gasteiger partial charge in [-0.2, -0.15) is 11.8 Å². The van der Waals surface area contributed by atoms with E-state index >= 15 is 0 Å². The van der Waals surface area contributed by atoms with Crippen LogP contribution in [0.1, 0.15) is 421 Å². The summed E-state index contributed by atoms with van der Waals surface area (Å²) in [4.78, 5) is 7.99. The predicted molar refractivity (Wildman–Crippen MR) is 520 cm³/mol. The molecule has 0 N–H and O–H groups in total. The monoisotopic (exact) mass is 1470 g/mol. The van der Waals surface area contributed by atoms with E-state index < -0.39 is 0 Å². The van der Waals surface area contributed by atoms with E-state index in [1.807, 2.05) is 131 Å². The molecule has 0 rings (SSSR count). The van der Waals surface area contributed by atoms with Gasteiger partial charge in [0.25, 0.3) is 0 Å². The average Bonchev–Trinajstić information content (AvgIpc) is 3.44. The van der Waals surface area contributed by atoms with Crippen molar-refractivity contribution in [1.82, 2.24) is 9.80 Å². The number of nitrogens with zero attached hydrogens (tertiary/aromatic N) is 3. The Balaban J connectivity index is -0.00000000949. The molecule has 9 heteroatoms. The number of ether oxygens (including phenoxy) is 5. The number of thioether (sulfide) groups is 1. The Morgan fingerprint density at radius 2 is 0.592 bits per heavy atom. The number of methoxy groups -OCH3 is 4. The van der Waals surface area contributed by atoms with E-state index in [0.717, 1.165) is 52.3 Å². The topological polar surface area (TPSA) is 65.0 Å². The zero-order valence-corrected chi connectivity index (χ0v) is 61.3. The van der Waals surface area contributed by atoms with Crippen molar-refractivity contribution in [2.45, 2.75) is 421 Å². The van der Waals surface area contributed by atoms with E-state index in [4.69, 9.17) is 9.47 Å². The second kappa shape index (κ2) is 529. The maximum Gasteiger partial charge on any atom is 0.0845 e. The van der Waals surface area contributed by atoms with Crippen molar-refractivity contribution in [2.75, 3.05) is 109 Å². The molecule has 0 aromatic heterocycles. The molecule has 0 unspecified atom stereocenters. The van der Waals surface area contributed by atoms with E-state index in [-0.39, 0.29) is 163 Å². The molecule has 0 saturated carbocycles. The van der Waals surface area contributed by atoms with Crippen LogP contribution in [0.5, 0.6) is 0 Å². The van der Waals surface area contributed by atoms with Crippen LogP contribution < -0.4 is 0 Å². The second-order valence-corrected chi connectivity index (χ2v) is 15.4. The summed E-state index contributed by atoms with van der Waals surface area (Å²) in [6.07, 6.45) is 37.6. The van der Waals surface area contributed by atoms with Gasteiger partial charge in [-0.05, 0) is 141 Å². The number of aliphatic imine (C=N–C) groups is 1. The van der Waals surface area contributed by atoms with Crippen LogP contribution in [0.25, 0.3) is 0 Å². The molecule has 0 bridgehead atoms. The van der Waals surface area contributed by atoms with Gasteiger partial charge in [0.05, 0.1) is 26.2 Å². The van der Waals surface area contributed by atoms with Gasteiger partial charge in [0.2, 0.25) is 0 Å². The van der Waals surface area contributed by atoms with E-state index in [9.17, 15) is 0 Å². The molecule has 0 aliphatic heterocycles. The van der Waals surface area contributed by atoms with Crippen LogP contribution in [0, 0.1) is 11.8 Å². The zero-order chi connectivity index (χ0) is 64.6. The van der Waals surface area contributed by atoms with E-state index in [2.05, 4.69) is 179 Å². The number of allylic oxidation sites excluding steroid dienone is 7. The van der Waals surface area contributed by atoms with Crippen LogP contribution in [0.3, 0.4) is 0 Å². The number of rotatable bonds is 13. The molecule has 0 amide bonds. The van der Waals surface area contributed by atoms with Gasteiger partial charge in [-0.3, -0.25) is 0 Å². The lowest BCUT2D eigenvalue weighted by atomic mass is 10.4. The third-order valence-electron chi connectivity index (χ3n) is 5.72. The fourth-order valence-corrected chi connectivity index (χ4v) is 1.17. The van der Waals surface area contributed by atoms with Crippen molar-refractivity contribution >= 4 is 18.0 Å². The number of hydrogen-bond donors (Lipinski definition) is 0. The molecule has 652 valence electrons. The summed E-state index contributed by atoms with van der Waals surface area (Å²) in [5.41, 5.74) is 0. The molecule has 0 radical (unpaired) electrons. The largest absolute Gasteiger partial charge is 0.505 e. The van der Waals surface area contributed by atoms with Crippen LogP contribution in [-0.2, 0) is 23.7 Å². The van der Waals surface area contributed by atoms with E-state index in [0.29, 0.717) is 0 Å². The lowest BCUT2D eigenvalue weighted by Crippen LogP contribution is -2.15. The lowest BCUT2D eigenvalue weighted by Gasteiger charge is -2.07. The summed E-state index contributed by atoms with van der Waals surface area (Å²) < 4.78 is 22.9. The summed E-state index contributed by atoms with van der Waals surface area (Å²) in [7, 11) is 14.2. The van der Waals surface area contributed by atoms with E-state index in [1.54, 1.807) is 73.1 Å². The highest BCUT2D eigenvalue weighted by atomic mass is 32.2. The first-order valence-electron chi connectivity index (χ1n) is 29.3. The molecule has 0 aliphatic carbocycles. The van der Waals surface area contributed by atoms with Gasteiger partial charge in [0, 0.05) is 62.3 Å². The van der Waals surface area contributed by atoms with Crippen LogP contribution >= 0.6 is 11.8 Å². The maximum atomic E-state index is 4.80. The zero-order valence-electron chi connectivity index (χ0n) is 60.5. The van der Waals surface area contributed by atoms with Crippen LogP contribution in [0.15, 0.2) is 66.2 Å². The normalized spacial score (nSPS) is 6.28. The molecule has 8 nitrogen and oxygen atoms in total. The minimum Gasteiger partial charge on any atom is -0.505 e. The molecule has 0 saturated heterocycles. The summed E-state index contributed by atoms with van der Waals surface area (Å²) in [5.74, 6) is 5.36. The van der Waals surface area contributed by atoms with Crippen LogP contribution in [-0.4, -0.2) is 125 Å². The highest BCUT2D eigenvalue weighted by Crippen LogP contribution is 1.80. The molecule has 0 aromatic rings. The Labute approximate surface area is 656 Å². The van der Waals surface area contributed by atoms with Gasteiger partial charge >= 0.3 is 0 Å². The van der Waals surface area contributed by atoms with Crippen LogP contribution in [0.4, 0.5) is 0 Å². The highest BCUT2D eigenvalue weighted by molar-refractivity contribution is 7.97. The Hall–Kier alpha value is -2.48. The average molecular weight is 1470 g/mol. The third kappa shape index (κ3) is 1730. The molecular formula is C89H245N3O5S. The molecule has 0 aromatic carbocycles. The smallest absolute Gasteiger partial charge is 0.0845 e. The van der Waals surface area contributed by atoms with Gasteiger partial charge in [0.1, 0.15) is 0 Å². The van der Waals surface area contributed by atoms with Gasteiger partial charge in [-0.1, -0.05) is 368 Å². The number of unbranched alkanes of at least 4 members (excludes halogenated alkanes) is 2. The molecule has 0 fully saturated rings. The predicted octanol–water partition coefficient (Wildman–Crippen LogP) is 36.7. The standard InChI is InChI=1S/C6H13N.C5H13N.2C5H10O.C4H10O.2C4H10.2C4H8.C4H6.C3H7N.C3H8O.4C3H8.C2H6O.C2H6S.22CH4/c1-4-6-7(3)5-2;1-4-6(3)5-2;1-3-4-5-6-2;1-3-5-6-4-2;1-3-4-5-2;7*1-3-4-2;6*1-3-2;;;;;;;;;;;;;;;;;;;;;;/h4,6H,5H2,1-3H3;4-5H2,1-3H3;4-5H,3H2,1-2H3;3,5H,4H2,1-2H3;3-4H2,1-2H3;2*3-4H2,1-2H3;2*3-4H,1-2H3;1-2H3;3H,1-2H3;3H2,1-2H3;4*3H2,1-2H3;2*1-2H3;22*1H4. The summed E-state index contributed by atoms with van der Waals surface area (Å²) >= 11 is 1.75. The Bertz CT molecular complexity index is 745.